The molecule has 1 aliphatic heterocycles. The summed E-state index contributed by atoms with van der Waals surface area (Å²) in [5, 5.41) is 9.00. The molecule has 6 heteroatoms. The lowest BCUT2D eigenvalue weighted by Gasteiger charge is -2.32. The molecule has 0 bridgehead atoms. The van der Waals surface area contributed by atoms with Crippen LogP contribution in [0.25, 0.3) is 0 Å². The molecule has 0 saturated carbocycles. The summed E-state index contributed by atoms with van der Waals surface area (Å²) in [7, 11) is -3.42. The summed E-state index contributed by atoms with van der Waals surface area (Å²) in [6.07, 6.45) is 0. The van der Waals surface area contributed by atoms with Crippen molar-refractivity contribution in [3.63, 3.8) is 0 Å². The van der Waals surface area contributed by atoms with Crippen molar-refractivity contribution in [1.29, 1.82) is 5.26 Å². The van der Waals surface area contributed by atoms with Crippen LogP contribution in [0.5, 0.6) is 0 Å². The van der Waals surface area contributed by atoms with Crippen LogP contribution in [0, 0.1) is 11.3 Å². The Hall–Kier alpha value is -1.42. The molecule has 0 radical (unpaired) electrons. The van der Waals surface area contributed by atoms with E-state index < -0.39 is 10.0 Å². The van der Waals surface area contributed by atoms with Crippen LogP contribution in [0.15, 0.2) is 24.3 Å². The minimum Gasteiger partial charge on any atom is -0.378 e. The highest BCUT2D eigenvalue weighted by Gasteiger charge is 2.30. The smallest absolute Gasteiger partial charge is 0.218 e. The van der Waals surface area contributed by atoms with Crippen molar-refractivity contribution < 1.29 is 13.2 Å². The van der Waals surface area contributed by atoms with E-state index in [0.717, 1.165) is 0 Å². The second kappa shape index (κ2) is 5.70. The number of rotatable bonds is 3. The van der Waals surface area contributed by atoms with Crippen molar-refractivity contribution in [2.24, 2.45) is 0 Å². The summed E-state index contributed by atoms with van der Waals surface area (Å²) >= 11 is 0. The van der Waals surface area contributed by atoms with Crippen LogP contribution in [-0.2, 0) is 20.5 Å². The van der Waals surface area contributed by atoms with Crippen LogP contribution in [-0.4, -0.2) is 38.5 Å². The first-order valence-corrected chi connectivity index (χ1v) is 7.71. The van der Waals surface area contributed by atoms with Gasteiger partial charge in [0, 0.05) is 12.6 Å². The maximum atomic E-state index is 12.4. The predicted molar refractivity (Wildman–Crippen MR) is 70.8 cm³/mol. The summed E-state index contributed by atoms with van der Waals surface area (Å²) in [6.45, 7) is 3.04. The highest BCUT2D eigenvalue weighted by molar-refractivity contribution is 7.88. The van der Waals surface area contributed by atoms with E-state index in [4.69, 9.17) is 10.00 Å². The third kappa shape index (κ3) is 3.13. The first kappa shape index (κ1) is 14.0. The van der Waals surface area contributed by atoms with Crippen LogP contribution >= 0.6 is 0 Å². The summed E-state index contributed by atoms with van der Waals surface area (Å²) in [6, 6.07) is 8.65. The third-order valence-electron chi connectivity index (χ3n) is 3.14. The maximum absolute atomic E-state index is 12.4. The zero-order chi connectivity index (χ0) is 13.9. The van der Waals surface area contributed by atoms with Gasteiger partial charge in [0.05, 0.1) is 30.6 Å². The number of hydrogen-bond donors (Lipinski definition) is 0. The third-order valence-corrected chi connectivity index (χ3v) is 5.07. The van der Waals surface area contributed by atoms with Gasteiger partial charge < -0.3 is 4.74 Å². The van der Waals surface area contributed by atoms with Crippen LogP contribution in [0.1, 0.15) is 18.1 Å². The minimum absolute atomic E-state index is 0.138. The number of nitrogens with zero attached hydrogens (tertiary/aromatic N) is 2. The first-order chi connectivity index (χ1) is 9.04. The Balaban J connectivity index is 2.24. The Bertz CT molecular complexity index is 592. The summed E-state index contributed by atoms with van der Waals surface area (Å²) < 4.78 is 31.5. The van der Waals surface area contributed by atoms with E-state index in [1.165, 1.54) is 4.31 Å². The van der Waals surface area contributed by atoms with Crippen molar-refractivity contribution in [1.82, 2.24) is 4.31 Å². The van der Waals surface area contributed by atoms with E-state index >= 15 is 0 Å². The molecular weight excluding hydrogens is 264 g/mol. The van der Waals surface area contributed by atoms with Gasteiger partial charge >= 0.3 is 0 Å². The fourth-order valence-electron chi connectivity index (χ4n) is 2.16. The van der Waals surface area contributed by atoms with E-state index in [-0.39, 0.29) is 11.8 Å². The fraction of sp³-hybridized carbons (Fsp3) is 0.462. The molecule has 1 aromatic carbocycles. The van der Waals surface area contributed by atoms with Gasteiger partial charge in [-0.25, -0.2) is 8.42 Å². The van der Waals surface area contributed by atoms with Gasteiger partial charge in [-0.15, -0.1) is 0 Å². The molecule has 1 aliphatic rings. The zero-order valence-corrected chi connectivity index (χ0v) is 11.6. The maximum Gasteiger partial charge on any atom is 0.218 e. The van der Waals surface area contributed by atoms with Gasteiger partial charge in [-0.3, -0.25) is 0 Å². The number of nitriles is 1. The molecule has 0 amide bonds. The van der Waals surface area contributed by atoms with Crippen molar-refractivity contribution in [3.8, 4) is 6.07 Å². The van der Waals surface area contributed by atoms with Crippen molar-refractivity contribution in [2.45, 2.75) is 18.7 Å². The molecule has 0 aromatic heterocycles. The van der Waals surface area contributed by atoms with Gasteiger partial charge in [0.15, 0.2) is 0 Å². The highest BCUT2D eigenvalue weighted by Crippen LogP contribution is 2.18. The van der Waals surface area contributed by atoms with Crippen LogP contribution in [0.2, 0.25) is 0 Å². The van der Waals surface area contributed by atoms with Crippen molar-refractivity contribution in [3.05, 3.63) is 35.4 Å². The van der Waals surface area contributed by atoms with Crippen molar-refractivity contribution >= 4 is 10.0 Å². The summed E-state index contributed by atoms with van der Waals surface area (Å²) in [4.78, 5) is 0. The monoisotopic (exact) mass is 280 g/mol. The number of morpholine rings is 1. The second-order valence-electron chi connectivity index (χ2n) is 4.56. The average Bonchev–Trinajstić information content (AvgIpc) is 2.39. The van der Waals surface area contributed by atoms with Crippen LogP contribution in [0.4, 0.5) is 0 Å². The first-order valence-electron chi connectivity index (χ1n) is 6.10. The minimum atomic E-state index is -3.42. The van der Waals surface area contributed by atoms with E-state index in [0.29, 0.717) is 30.9 Å². The van der Waals surface area contributed by atoms with Gasteiger partial charge in [-0.05, 0) is 18.6 Å². The lowest BCUT2D eigenvalue weighted by Crippen LogP contribution is -2.47. The zero-order valence-electron chi connectivity index (χ0n) is 10.7. The van der Waals surface area contributed by atoms with E-state index in [2.05, 4.69) is 0 Å². The summed E-state index contributed by atoms with van der Waals surface area (Å²) in [5.41, 5.74) is 0.954. The largest absolute Gasteiger partial charge is 0.378 e. The van der Waals surface area contributed by atoms with E-state index in [1.54, 1.807) is 24.3 Å². The van der Waals surface area contributed by atoms with E-state index in [1.807, 2.05) is 13.0 Å². The lowest BCUT2D eigenvalue weighted by molar-refractivity contribution is 0.0392. The number of ether oxygens (including phenoxy) is 1. The average molecular weight is 280 g/mol. The predicted octanol–water partition coefficient (Wildman–Crippen LogP) is 1.11. The highest BCUT2D eigenvalue weighted by atomic mass is 32.2. The molecule has 0 N–H and O–H groups in total. The number of sulfonamides is 1. The summed E-state index contributed by atoms with van der Waals surface area (Å²) in [5.74, 6) is -0.138. The molecule has 1 fully saturated rings. The van der Waals surface area contributed by atoms with Gasteiger partial charge in [0.2, 0.25) is 10.0 Å². The van der Waals surface area contributed by atoms with Gasteiger partial charge in [-0.1, -0.05) is 18.2 Å². The molecule has 0 unspecified atom stereocenters. The number of hydrogen-bond acceptors (Lipinski definition) is 4. The Labute approximate surface area is 113 Å². The molecule has 0 spiro atoms. The SMILES string of the molecule is C[C@@H]1COCCN1S(=O)(=O)Cc1ccccc1C#N. The molecule has 1 heterocycles. The Morgan fingerprint density at radius 1 is 1.47 bits per heavy atom. The Morgan fingerprint density at radius 3 is 2.89 bits per heavy atom. The van der Waals surface area contributed by atoms with Crippen LogP contribution < -0.4 is 0 Å². The molecule has 1 saturated heterocycles. The molecule has 1 atom stereocenters. The molecule has 5 nitrogen and oxygen atoms in total. The van der Waals surface area contributed by atoms with Gasteiger partial charge in [0.1, 0.15) is 0 Å². The standard InChI is InChI=1S/C13H16N2O3S/c1-11-9-18-7-6-15(11)19(16,17)10-13-5-3-2-4-12(13)8-14/h2-5,11H,6-7,9-10H2,1H3/t11-/m1/s1. The fourth-order valence-corrected chi connectivity index (χ4v) is 3.93. The quantitative estimate of drug-likeness (QED) is 0.831. The Kier molecular flexibility index (Phi) is 4.20. The molecular formula is C13H16N2O3S. The Morgan fingerprint density at radius 2 is 2.21 bits per heavy atom. The van der Waals surface area contributed by atoms with E-state index in [9.17, 15) is 8.42 Å². The number of benzene rings is 1. The molecule has 102 valence electrons. The molecule has 2 rings (SSSR count). The van der Waals surface area contributed by atoms with Crippen molar-refractivity contribution in [2.75, 3.05) is 19.8 Å². The second-order valence-corrected chi connectivity index (χ2v) is 6.48. The lowest BCUT2D eigenvalue weighted by atomic mass is 10.1. The molecule has 0 aliphatic carbocycles. The van der Waals surface area contributed by atoms with Gasteiger partial charge in [-0.2, -0.15) is 9.57 Å². The topological polar surface area (TPSA) is 70.4 Å². The molecule has 19 heavy (non-hydrogen) atoms. The van der Waals surface area contributed by atoms with Gasteiger partial charge in [0.25, 0.3) is 0 Å². The molecule has 1 aromatic rings. The normalized spacial score (nSPS) is 20.9. The van der Waals surface area contributed by atoms with Crippen LogP contribution in [0.3, 0.4) is 0 Å².